The average Bonchev–Trinajstić information content (AvgIpc) is 3.06. The molecule has 2 nitrogen and oxygen atoms in total. The summed E-state index contributed by atoms with van der Waals surface area (Å²) in [5.41, 5.74) is -0.164. The molecule has 0 aromatic heterocycles. The van der Waals surface area contributed by atoms with E-state index in [0.717, 1.165) is 25.8 Å². The highest BCUT2D eigenvalue weighted by Gasteiger charge is 2.41. The summed E-state index contributed by atoms with van der Waals surface area (Å²) < 4.78 is 37.8. The lowest BCUT2D eigenvalue weighted by molar-refractivity contribution is -0.150. The van der Waals surface area contributed by atoms with Gasteiger partial charge in [-0.3, -0.25) is 4.90 Å². The molecule has 19 heavy (non-hydrogen) atoms. The van der Waals surface area contributed by atoms with Crippen LogP contribution in [0.4, 0.5) is 13.2 Å². The van der Waals surface area contributed by atoms with Gasteiger partial charge in [0, 0.05) is 18.6 Å². The smallest absolute Gasteiger partial charge is 0.314 e. The summed E-state index contributed by atoms with van der Waals surface area (Å²) in [5, 5.41) is 3.39. The van der Waals surface area contributed by atoms with E-state index in [2.05, 4.69) is 19.2 Å². The van der Waals surface area contributed by atoms with Gasteiger partial charge in [0.25, 0.3) is 0 Å². The van der Waals surface area contributed by atoms with Crippen LogP contribution in [0.25, 0.3) is 0 Å². The molecule has 1 saturated carbocycles. The van der Waals surface area contributed by atoms with E-state index >= 15 is 0 Å². The largest absolute Gasteiger partial charge is 0.401 e. The van der Waals surface area contributed by atoms with Crippen LogP contribution in [0.3, 0.4) is 0 Å². The van der Waals surface area contributed by atoms with Crippen LogP contribution < -0.4 is 5.32 Å². The lowest BCUT2D eigenvalue weighted by Gasteiger charge is -2.38. The summed E-state index contributed by atoms with van der Waals surface area (Å²) >= 11 is 0. The third-order valence-electron chi connectivity index (χ3n) is 3.93. The predicted molar refractivity (Wildman–Crippen MR) is 72.2 cm³/mol. The summed E-state index contributed by atoms with van der Waals surface area (Å²) in [6.07, 6.45) is -1.25. The second-order valence-electron chi connectivity index (χ2n) is 6.42. The maximum Gasteiger partial charge on any atom is 0.401 e. The number of hydrogen-bond acceptors (Lipinski definition) is 2. The van der Waals surface area contributed by atoms with Crippen molar-refractivity contribution in [2.75, 3.05) is 19.6 Å². The van der Waals surface area contributed by atoms with Gasteiger partial charge >= 0.3 is 6.18 Å². The van der Waals surface area contributed by atoms with Crippen LogP contribution in [0.2, 0.25) is 0 Å². The van der Waals surface area contributed by atoms with Crippen LogP contribution in [0.15, 0.2) is 0 Å². The first-order chi connectivity index (χ1) is 8.65. The Kier molecular flexibility index (Phi) is 5.68. The molecule has 1 N–H and O–H groups in total. The van der Waals surface area contributed by atoms with Crippen molar-refractivity contribution < 1.29 is 13.2 Å². The molecule has 0 saturated heterocycles. The summed E-state index contributed by atoms with van der Waals surface area (Å²) in [4.78, 5) is 1.62. The molecule has 1 aliphatic rings. The fraction of sp³-hybridized carbons (Fsp3) is 1.00. The van der Waals surface area contributed by atoms with Crippen LogP contribution in [-0.4, -0.2) is 42.8 Å². The van der Waals surface area contributed by atoms with Gasteiger partial charge in [-0.05, 0) is 38.1 Å². The Balaban J connectivity index is 2.56. The van der Waals surface area contributed by atoms with Gasteiger partial charge in [-0.15, -0.1) is 0 Å². The van der Waals surface area contributed by atoms with Gasteiger partial charge in [0.15, 0.2) is 0 Å². The first-order valence-corrected chi connectivity index (χ1v) is 7.20. The molecule has 0 amide bonds. The highest BCUT2D eigenvalue weighted by atomic mass is 19.4. The molecule has 0 aromatic carbocycles. The monoisotopic (exact) mass is 280 g/mol. The molecule has 0 aromatic rings. The maximum atomic E-state index is 12.6. The first kappa shape index (κ1) is 16.8. The Morgan fingerprint density at radius 1 is 1.21 bits per heavy atom. The Morgan fingerprint density at radius 2 is 1.79 bits per heavy atom. The van der Waals surface area contributed by atoms with E-state index in [-0.39, 0.29) is 17.5 Å². The second-order valence-corrected chi connectivity index (χ2v) is 6.42. The molecule has 114 valence electrons. The Hall–Kier alpha value is -0.290. The minimum atomic E-state index is -4.10. The van der Waals surface area contributed by atoms with Crippen molar-refractivity contribution >= 4 is 0 Å². The zero-order valence-corrected chi connectivity index (χ0v) is 12.5. The molecule has 0 aliphatic heterocycles. The zero-order chi connectivity index (χ0) is 14.7. The number of rotatable bonds is 8. The third-order valence-corrected chi connectivity index (χ3v) is 3.93. The van der Waals surface area contributed by atoms with Crippen molar-refractivity contribution in [3.63, 3.8) is 0 Å². The molecule has 1 aliphatic carbocycles. The lowest BCUT2D eigenvalue weighted by Crippen LogP contribution is -2.49. The van der Waals surface area contributed by atoms with Crippen LogP contribution in [0, 0.1) is 5.41 Å². The van der Waals surface area contributed by atoms with Gasteiger partial charge in [-0.1, -0.05) is 20.8 Å². The second kappa shape index (κ2) is 6.44. The van der Waals surface area contributed by atoms with Crippen LogP contribution in [0.5, 0.6) is 0 Å². The molecular formula is C14H27F3N2. The van der Waals surface area contributed by atoms with Crippen molar-refractivity contribution in [3.8, 4) is 0 Å². The Bertz CT molecular complexity index is 272. The van der Waals surface area contributed by atoms with Crippen LogP contribution >= 0.6 is 0 Å². The molecule has 0 bridgehead atoms. The number of alkyl halides is 3. The summed E-state index contributed by atoms with van der Waals surface area (Å²) in [5.74, 6) is 0. The van der Waals surface area contributed by atoms with E-state index in [1.165, 1.54) is 0 Å². The molecule has 0 radical (unpaired) electrons. The standard InChI is InChI=1S/C14H27F3N2/c1-5-8-18-11(2)13(3,4)9-19(12-6-7-12)10-14(15,16)17/h11-12,18H,5-10H2,1-4H3. The number of hydrogen-bond donors (Lipinski definition) is 1. The van der Waals surface area contributed by atoms with Crippen molar-refractivity contribution in [1.82, 2.24) is 10.2 Å². The third kappa shape index (κ3) is 6.13. The quantitative estimate of drug-likeness (QED) is 0.733. The van der Waals surface area contributed by atoms with Crippen LogP contribution in [-0.2, 0) is 0 Å². The van der Waals surface area contributed by atoms with Gasteiger partial charge in [0.1, 0.15) is 0 Å². The van der Waals surface area contributed by atoms with Gasteiger partial charge < -0.3 is 5.32 Å². The predicted octanol–water partition coefficient (Wildman–Crippen LogP) is 3.43. The summed E-state index contributed by atoms with van der Waals surface area (Å²) in [7, 11) is 0. The topological polar surface area (TPSA) is 15.3 Å². The van der Waals surface area contributed by atoms with Gasteiger partial charge in [-0.25, -0.2) is 0 Å². The highest BCUT2D eigenvalue weighted by Crippen LogP contribution is 2.34. The number of halogens is 3. The van der Waals surface area contributed by atoms with Gasteiger partial charge in [-0.2, -0.15) is 13.2 Å². The average molecular weight is 280 g/mol. The minimum Gasteiger partial charge on any atom is -0.314 e. The fourth-order valence-electron chi connectivity index (χ4n) is 2.28. The summed E-state index contributed by atoms with van der Waals surface area (Å²) in [6, 6.07) is 0.348. The maximum absolute atomic E-state index is 12.6. The van der Waals surface area contributed by atoms with E-state index in [1.54, 1.807) is 4.90 Å². The van der Waals surface area contributed by atoms with Gasteiger partial charge in [0.05, 0.1) is 6.54 Å². The van der Waals surface area contributed by atoms with E-state index in [4.69, 9.17) is 0 Å². The molecule has 0 spiro atoms. The molecule has 1 atom stereocenters. The van der Waals surface area contributed by atoms with E-state index < -0.39 is 12.7 Å². The molecule has 1 fully saturated rings. The normalized spacial score (nSPS) is 18.9. The van der Waals surface area contributed by atoms with E-state index in [0.29, 0.717) is 6.54 Å². The van der Waals surface area contributed by atoms with Crippen molar-refractivity contribution in [2.45, 2.75) is 65.2 Å². The molecule has 0 heterocycles. The summed E-state index contributed by atoms with van der Waals surface area (Å²) in [6.45, 7) is 8.88. The van der Waals surface area contributed by atoms with Crippen molar-refractivity contribution in [2.24, 2.45) is 5.41 Å². The number of nitrogens with zero attached hydrogens (tertiary/aromatic N) is 1. The molecule has 1 unspecified atom stereocenters. The highest BCUT2D eigenvalue weighted by molar-refractivity contribution is 4.91. The number of nitrogens with one attached hydrogen (secondary N) is 1. The SMILES string of the molecule is CCCNC(C)C(C)(C)CN(CC(F)(F)F)C1CC1. The van der Waals surface area contributed by atoms with E-state index in [9.17, 15) is 13.2 Å². The van der Waals surface area contributed by atoms with Crippen molar-refractivity contribution in [1.29, 1.82) is 0 Å². The van der Waals surface area contributed by atoms with Crippen molar-refractivity contribution in [3.05, 3.63) is 0 Å². The fourth-order valence-corrected chi connectivity index (χ4v) is 2.28. The Morgan fingerprint density at radius 3 is 2.21 bits per heavy atom. The van der Waals surface area contributed by atoms with E-state index in [1.807, 2.05) is 13.8 Å². The van der Waals surface area contributed by atoms with Crippen LogP contribution in [0.1, 0.15) is 47.0 Å². The minimum absolute atomic E-state index is 0.138. The molecule has 5 heteroatoms. The first-order valence-electron chi connectivity index (χ1n) is 7.20. The Labute approximate surface area is 114 Å². The molecule has 1 rings (SSSR count). The lowest BCUT2D eigenvalue weighted by atomic mass is 9.84. The van der Waals surface area contributed by atoms with Gasteiger partial charge in [0.2, 0.25) is 0 Å². The zero-order valence-electron chi connectivity index (χ0n) is 12.5. The molecular weight excluding hydrogens is 253 g/mol.